The topological polar surface area (TPSA) is 18.5 Å². The molecule has 0 aromatic heterocycles. The summed E-state index contributed by atoms with van der Waals surface area (Å²) < 4.78 is 11.3. The Morgan fingerprint density at radius 3 is 2.38 bits per heavy atom. The van der Waals surface area contributed by atoms with Gasteiger partial charge in [-0.05, 0) is 57.8 Å². The van der Waals surface area contributed by atoms with E-state index in [4.69, 9.17) is 9.47 Å². The van der Waals surface area contributed by atoms with Crippen molar-refractivity contribution < 1.29 is 9.47 Å². The first-order chi connectivity index (χ1) is 12.9. The maximum atomic E-state index is 5.76. The Kier molecular flexibility index (Phi) is 16.9. The van der Waals surface area contributed by atoms with Crippen molar-refractivity contribution in [2.24, 2.45) is 0 Å². The van der Waals surface area contributed by atoms with Gasteiger partial charge in [0.2, 0.25) is 0 Å². The van der Waals surface area contributed by atoms with Crippen LogP contribution in [0.4, 0.5) is 0 Å². The van der Waals surface area contributed by atoms with Crippen LogP contribution in [-0.2, 0) is 9.47 Å². The van der Waals surface area contributed by atoms with E-state index in [2.05, 4.69) is 43.4 Å². The molecule has 0 radical (unpaired) electrons. The number of hydrogen-bond donors (Lipinski definition) is 0. The van der Waals surface area contributed by atoms with Crippen LogP contribution >= 0.6 is 0 Å². The van der Waals surface area contributed by atoms with Crippen molar-refractivity contribution in [3.05, 3.63) is 36.5 Å². The SMILES string of the molecule is CCCCCCC=CC=CCC=CCCCCCCOC1CCCCO1. The molecule has 26 heavy (non-hydrogen) atoms. The summed E-state index contributed by atoms with van der Waals surface area (Å²) >= 11 is 0. The van der Waals surface area contributed by atoms with Gasteiger partial charge in [-0.25, -0.2) is 0 Å². The molecule has 1 fully saturated rings. The first-order valence-corrected chi connectivity index (χ1v) is 11.1. The van der Waals surface area contributed by atoms with Crippen molar-refractivity contribution in [1.82, 2.24) is 0 Å². The number of hydrogen-bond acceptors (Lipinski definition) is 2. The van der Waals surface area contributed by atoms with Gasteiger partial charge in [0.1, 0.15) is 0 Å². The second kappa shape index (κ2) is 18.9. The third-order valence-electron chi connectivity index (χ3n) is 4.75. The van der Waals surface area contributed by atoms with Gasteiger partial charge in [0.05, 0.1) is 0 Å². The standard InChI is InChI=1S/C24H42O2/c1-2-3-4-5-6-7-8-9-10-11-12-13-14-15-16-17-19-22-25-24-21-18-20-23-26-24/h7-10,12-13,24H,2-6,11,14-23H2,1H3. The minimum Gasteiger partial charge on any atom is -0.353 e. The lowest BCUT2D eigenvalue weighted by molar-refractivity contribution is -0.162. The molecule has 1 atom stereocenters. The smallest absolute Gasteiger partial charge is 0.157 e. The van der Waals surface area contributed by atoms with Crippen LogP contribution in [0, 0.1) is 0 Å². The molecule has 0 aliphatic carbocycles. The Balaban J connectivity index is 1.79. The van der Waals surface area contributed by atoms with E-state index in [9.17, 15) is 0 Å². The van der Waals surface area contributed by atoms with Gasteiger partial charge in [0.25, 0.3) is 0 Å². The average molecular weight is 363 g/mol. The Hall–Kier alpha value is -0.860. The highest BCUT2D eigenvalue weighted by Gasteiger charge is 2.13. The van der Waals surface area contributed by atoms with Crippen molar-refractivity contribution in [2.45, 2.75) is 103 Å². The maximum Gasteiger partial charge on any atom is 0.157 e. The molecule has 1 aliphatic heterocycles. The molecule has 1 saturated heterocycles. The van der Waals surface area contributed by atoms with Crippen molar-refractivity contribution in [3.63, 3.8) is 0 Å². The third kappa shape index (κ3) is 15.4. The van der Waals surface area contributed by atoms with E-state index in [0.717, 1.165) is 32.5 Å². The zero-order valence-electron chi connectivity index (χ0n) is 17.2. The van der Waals surface area contributed by atoms with E-state index in [1.807, 2.05) is 0 Å². The van der Waals surface area contributed by atoms with Crippen LogP contribution < -0.4 is 0 Å². The third-order valence-corrected chi connectivity index (χ3v) is 4.75. The van der Waals surface area contributed by atoms with Crippen LogP contribution in [0.5, 0.6) is 0 Å². The molecule has 1 aliphatic rings. The van der Waals surface area contributed by atoms with Crippen molar-refractivity contribution >= 4 is 0 Å². The second-order valence-corrected chi connectivity index (χ2v) is 7.28. The Labute approximate surface area is 162 Å². The van der Waals surface area contributed by atoms with Crippen LogP contribution in [-0.4, -0.2) is 19.5 Å². The predicted octanol–water partition coefficient (Wildman–Crippen LogP) is 7.51. The van der Waals surface area contributed by atoms with Gasteiger partial charge < -0.3 is 9.47 Å². The van der Waals surface area contributed by atoms with E-state index in [1.54, 1.807) is 0 Å². The van der Waals surface area contributed by atoms with Gasteiger partial charge in [-0.3, -0.25) is 0 Å². The lowest BCUT2D eigenvalue weighted by Gasteiger charge is -2.22. The van der Waals surface area contributed by atoms with Gasteiger partial charge in [-0.1, -0.05) is 75.5 Å². The molecule has 0 N–H and O–H groups in total. The zero-order chi connectivity index (χ0) is 18.5. The van der Waals surface area contributed by atoms with Crippen LogP contribution in [0.25, 0.3) is 0 Å². The van der Waals surface area contributed by atoms with Crippen LogP contribution in [0.3, 0.4) is 0 Å². The Morgan fingerprint density at radius 1 is 0.808 bits per heavy atom. The largest absolute Gasteiger partial charge is 0.353 e. The van der Waals surface area contributed by atoms with E-state index >= 15 is 0 Å². The number of rotatable bonds is 16. The summed E-state index contributed by atoms with van der Waals surface area (Å²) in [5.41, 5.74) is 0. The molecular weight excluding hydrogens is 320 g/mol. The highest BCUT2D eigenvalue weighted by atomic mass is 16.7. The lowest BCUT2D eigenvalue weighted by Crippen LogP contribution is -2.22. The Morgan fingerprint density at radius 2 is 1.58 bits per heavy atom. The molecule has 0 aromatic carbocycles. The van der Waals surface area contributed by atoms with Crippen molar-refractivity contribution in [2.75, 3.05) is 13.2 Å². The summed E-state index contributed by atoms with van der Waals surface area (Å²) in [6.45, 7) is 3.99. The summed E-state index contributed by atoms with van der Waals surface area (Å²) in [7, 11) is 0. The van der Waals surface area contributed by atoms with Crippen LogP contribution in [0.2, 0.25) is 0 Å². The molecular formula is C24H42O2. The minimum absolute atomic E-state index is 0.0793. The molecule has 1 rings (SSSR count). The molecule has 0 bridgehead atoms. The number of allylic oxidation sites excluding steroid dienone is 6. The molecule has 150 valence electrons. The quantitative estimate of drug-likeness (QED) is 0.161. The number of ether oxygens (including phenoxy) is 2. The van der Waals surface area contributed by atoms with Gasteiger partial charge in [0, 0.05) is 13.2 Å². The Bertz CT molecular complexity index is 364. The van der Waals surface area contributed by atoms with Crippen molar-refractivity contribution in [1.29, 1.82) is 0 Å². The molecule has 0 aromatic rings. The summed E-state index contributed by atoms with van der Waals surface area (Å²) in [5, 5.41) is 0. The fourth-order valence-electron chi connectivity index (χ4n) is 3.09. The maximum absolute atomic E-state index is 5.76. The highest BCUT2D eigenvalue weighted by Crippen LogP contribution is 2.14. The van der Waals surface area contributed by atoms with Gasteiger partial charge in [0.15, 0.2) is 6.29 Å². The molecule has 2 nitrogen and oxygen atoms in total. The first kappa shape index (κ1) is 23.2. The van der Waals surface area contributed by atoms with Gasteiger partial charge >= 0.3 is 0 Å². The fourth-order valence-corrected chi connectivity index (χ4v) is 3.09. The monoisotopic (exact) mass is 362 g/mol. The summed E-state index contributed by atoms with van der Waals surface area (Å²) in [4.78, 5) is 0. The lowest BCUT2D eigenvalue weighted by atomic mass is 10.1. The molecule has 0 amide bonds. The van der Waals surface area contributed by atoms with Gasteiger partial charge in [-0.15, -0.1) is 0 Å². The molecule has 2 heteroatoms. The van der Waals surface area contributed by atoms with E-state index in [0.29, 0.717) is 0 Å². The minimum atomic E-state index is 0.0793. The second-order valence-electron chi connectivity index (χ2n) is 7.28. The summed E-state index contributed by atoms with van der Waals surface area (Å²) in [6, 6.07) is 0. The summed E-state index contributed by atoms with van der Waals surface area (Å²) in [5.74, 6) is 0. The predicted molar refractivity (Wildman–Crippen MR) is 113 cm³/mol. The molecule has 0 spiro atoms. The van der Waals surface area contributed by atoms with Crippen LogP contribution in [0.1, 0.15) is 96.8 Å². The highest BCUT2D eigenvalue weighted by molar-refractivity contribution is 5.04. The summed E-state index contributed by atoms with van der Waals surface area (Å²) in [6.07, 6.45) is 31.0. The molecule has 0 saturated carbocycles. The van der Waals surface area contributed by atoms with E-state index < -0.39 is 0 Å². The number of unbranched alkanes of at least 4 members (excludes halogenated alkanes) is 8. The zero-order valence-corrected chi connectivity index (χ0v) is 17.2. The fraction of sp³-hybridized carbons (Fsp3) is 0.750. The average Bonchev–Trinajstić information content (AvgIpc) is 2.68. The van der Waals surface area contributed by atoms with Crippen molar-refractivity contribution in [3.8, 4) is 0 Å². The molecule has 1 heterocycles. The first-order valence-electron chi connectivity index (χ1n) is 11.1. The van der Waals surface area contributed by atoms with Gasteiger partial charge in [-0.2, -0.15) is 0 Å². The molecule has 1 unspecified atom stereocenters. The van der Waals surface area contributed by atoms with Crippen LogP contribution in [0.15, 0.2) is 36.5 Å². The van der Waals surface area contributed by atoms with E-state index in [-0.39, 0.29) is 6.29 Å². The van der Waals surface area contributed by atoms with E-state index in [1.165, 1.54) is 70.6 Å². The normalized spacial score (nSPS) is 18.6.